The molecule has 1 rings (SSSR count). The van der Waals surface area contributed by atoms with Crippen LogP contribution in [-0.2, 0) is 33.3 Å². The molecule has 1 radical (unpaired) electrons. The van der Waals surface area contributed by atoms with Crippen LogP contribution in [-0.4, -0.2) is 9.97 Å². The van der Waals surface area contributed by atoms with E-state index in [0.29, 0.717) is 0 Å². The van der Waals surface area contributed by atoms with Crippen LogP contribution in [0.2, 0.25) is 0 Å². The van der Waals surface area contributed by atoms with Crippen molar-refractivity contribution in [2.45, 2.75) is 13.8 Å². The first kappa shape index (κ1) is 11.9. The Bertz CT molecular complexity index is 147. The molecule has 0 aliphatic carbocycles. The van der Waals surface area contributed by atoms with Gasteiger partial charge in [-0.25, -0.2) is 4.98 Å². The zero-order chi connectivity index (χ0) is 5.28. The SMILES string of the molecule is Cc1nc[nH]c1C.[Co].[Ni]. The first-order valence-electron chi connectivity index (χ1n) is 2.27. The summed E-state index contributed by atoms with van der Waals surface area (Å²) in [6.45, 7) is 3.98. The second-order valence-electron chi connectivity index (χ2n) is 1.61. The maximum Gasteiger partial charge on any atom is 0.0925 e. The van der Waals surface area contributed by atoms with E-state index in [1.807, 2.05) is 13.8 Å². The summed E-state index contributed by atoms with van der Waals surface area (Å²) in [4.78, 5) is 6.92. The standard InChI is InChI=1S/C5H8N2.Co.Ni/c1-4-5(2)7-3-6-4;;/h3H,1-2H3,(H,6,7);;. The molecule has 4 heteroatoms. The topological polar surface area (TPSA) is 28.7 Å². The molecule has 0 atom stereocenters. The van der Waals surface area contributed by atoms with E-state index in [-0.39, 0.29) is 33.3 Å². The van der Waals surface area contributed by atoms with E-state index < -0.39 is 0 Å². The number of hydrogen-bond donors (Lipinski definition) is 1. The summed E-state index contributed by atoms with van der Waals surface area (Å²) < 4.78 is 0. The van der Waals surface area contributed by atoms with Crippen LogP contribution in [0.4, 0.5) is 0 Å². The molecule has 1 heterocycles. The van der Waals surface area contributed by atoms with Crippen LogP contribution >= 0.6 is 0 Å². The molecule has 0 aliphatic rings. The molecular weight excluding hydrogens is 206 g/mol. The Labute approximate surface area is 75.0 Å². The van der Waals surface area contributed by atoms with Crippen molar-refractivity contribution in [3.8, 4) is 0 Å². The molecule has 0 saturated carbocycles. The summed E-state index contributed by atoms with van der Waals surface area (Å²) >= 11 is 0. The van der Waals surface area contributed by atoms with Crippen LogP contribution in [0.1, 0.15) is 11.4 Å². The van der Waals surface area contributed by atoms with Gasteiger partial charge in [0, 0.05) is 39.0 Å². The van der Waals surface area contributed by atoms with Gasteiger partial charge in [0.25, 0.3) is 0 Å². The van der Waals surface area contributed by atoms with Crippen molar-refractivity contribution in [1.29, 1.82) is 0 Å². The Morgan fingerprint density at radius 1 is 1.44 bits per heavy atom. The monoisotopic (exact) mass is 213 g/mol. The normalized spacial score (nSPS) is 7.33. The number of aryl methyl sites for hydroxylation is 2. The van der Waals surface area contributed by atoms with E-state index in [0.717, 1.165) is 11.4 Å². The molecule has 9 heavy (non-hydrogen) atoms. The summed E-state index contributed by atoms with van der Waals surface area (Å²) in [6, 6.07) is 0. The fraction of sp³-hybridized carbons (Fsp3) is 0.400. The van der Waals surface area contributed by atoms with Crippen molar-refractivity contribution in [1.82, 2.24) is 9.97 Å². The maximum atomic E-state index is 3.96. The minimum Gasteiger partial charge on any atom is -0.348 e. The van der Waals surface area contributed by atoms with Gasteiger partial charge >= 0.3 is 0 Å². The Balaban J connectivity index is 0. The summed E-state index contributed by atoms with van der Waals surface area (Å²) in [5.41, 5.74) is 2.24. The summed E-state index contributed by atoms with van der Waals surface area (Å²) in [6.07, 6.45) is 1.70. The van der Waals surface area contributed by atoms with Gasteiger partial charge < -0.3 is 4.98 Å². The number of nitrogens with one attached hydrogen (secondary N) is 1. The van der Waals surface area contributed by atoms with Gasteiger partial charge in [0.15, 0.2) is 0 Å². The van der Waals surface area contributed by atoms with Crippen molar-refractivity contribution in [3.05, 3.63) is 17.7 Å². The Morgan fingerprint density at radius 2 is 2.00 bits per heavy atom. The summed E-state index contributed by atoms with van der Waals surface area (Å²) in [7, 11) is 0. The maximum absolute atomic E-state index is 3.96. The van der Waals surface area contributed by atoms with Gasteiger partial charge in [0.2, 0.25) is 0 Å². The minimum absolute atomic E-state index is 0. The van der Waals surface area contributed by atoms with Crippen LogP contribution in [0.25, 0.3) is 0 Å². The predicted molar refractivity (Wildman–Crippen MR) is 28.1 cm³/mol. The van der Waals surface area contributed by atoms with Crippen molar-refractivity contribution in [2.75, 3.05) is 0 Å². The van der Waals surface area contributed by atoms with Crippen LogP contribution in [0.15, 0.2) is 6.33 Å². The van der Waals surface area contributed by atoms with Crippen molar-refractivity contribution < 1.29 is 33.3 Å². The molecule has 2 nitrogen and oxygen atoms in total. The van der Waals surface area contributed by atoms with Gasteiger partial charge in [-0.15, -0.1) is 0 Å². The van der Waals surface area contributed by atoms with Gasteiger partial charge in [-0.05, 0) is 13.8 Å². The number of aromatic amines is 1. The summed E-state index contributed by atoms with van der Waals surface area (Å²) in [5.74, 6) is 0. The fourth-order valence-electron chi connectivity index (χ4n) is 0.427. The number of aromatic nitrogens is 2. The fourth-order valence-corrected chi connectivity index (χ4v) is 0.427. The molecule has 0 aliphatic heterocycles. The largest absolute Gasteiger partial charge is 0.348 e. The first-order valence-corrected chi connectivity index (χ1v) is 2.27. The van der Waals surface area contributed by atoms with E-state index in [1.54, 1.807) is 6.33 Å². The quantitative estimate of drug-likeness (QED) is 0.641. The third-order valence-electron chi connectivity index (χ3n) is 1.08. The van der Waals surface area contributed by atoms with E-state index in [2.05, 4.69) is 9.97 Å². The summed E-state index contributed by atoms with van der Waals surface area (Å²) in [5, 5.41) is 0. The molecular formula is C5H8CoN2Ni. The molecule has 0 bridgehead atoms. The number of rotatable bonds is 0. The molecule has 57 valence electrons. The molecule has 0 unspecified atom stereocenters. The molecule has 0 spiro atoms. The minimum atomic E-state index is 0. The van der Waals surface area contributed by atoms with Gasteiger partial charge in [-0.1, -0.05) is 0 Å². The molecule has 1 aromatic rings. The second kappa shape index (κ2) is 5.03. The van der Waals surface area contributed by atoms with Crippen LogP contribution in [0, 0.1) is 13.8 Å². The number of H-pyrrole nitrogens is 1. The molecule has 0 aromatic carbocycles. The van der Waals surface area contributed by atoms with E-state index >= 15 is 0 Å². The van der Waals surface area contributed by atoms with Crippen molar-refractivity contribution in [3.63, 3.8) is 0 Å². The average molecular weight is 214 g/mol. The molecule has 0 fully saturated rings. The Morgan fingerprint density at radius 3 is 2.11 bits per heavy atom. The van der Waals surface area contributed by atoms with Gasteiger partial charge in [0.1, 0.15) is 0 Å². The van der Waals surface area contributed by atoms with Gasteiger partial charge in [0.05, 0.1) is 12.0 Å². The molecule has 0 saturated heterocycles. The van der Waals surface area contributed by atoms with E-state index in [4.69, 9.17) is 0 Å². The number of imidazole rings is 1. The number of nitrogens with zero attached hydrogens (tertiary/aromatic N) is 1. The van der Waals surface area contributed by atoms with Crippen molar-refractivity contribution in [2.24, 2.45) is 0 Å². The van der Waals surface area contributed by atoms with E-state index in [9.17, 15) is 0 Å². The van der Waals surface area contributed by atoms with Gasteiger partial charge in [-0.2, -0.15) is 0 Å². The van der Waals surface area contributed by atoms with Crippen LogP contribution in [0.3, 0.4) is 0 Å². The Kier molecular flexibility index (Phi) is 6.68. The van der Waals surface area contributed by atoms with Crippen LogP contribution in [0.5, 0.6) is 0 Å². The predicted octanol–water partition coefficient (Wildman–Crippen LogP) is 1.02. The average Bonchev–Trinajstić information content (AvgIpc) is 1.91. The molecule has 0 amide bonds. The number of hydrogen-bond acceptors (Lipinski definition) is 1. The third-order valence-corrected chi connectivity index (χ3v) is 1.08. The Hall–Kier alpha value is 0.210. The zero-order valence-electron chi connectivity index (χ0n) is 5.17. The van der Waals surface area contributed by atoms with Crippen LogP contribution < -0.4 is 0 Å². The molecule has 1 N–H and O–H groups in total. The third kappa shape index (κ3) is 3.04. The smallest absolute Gasteiger partial charge is 0.0925 e. The van der Waals surface area contributed by atoms with Crippen molar-refractivity contribution >= 4 is 0 Å². The van der Waals surface area contributed by atoms with E-state index in [1.165, 1.54) is 0 Å². The first-order chi connectivity index (χ1) is 3.30. The van der Waals surface area contributed by atoms with Gasteiger partial charge in [-0.3, -0.25) is 0 Å². The zero-order valence-corrected chi connectivity index (χ0v) is 7.20. The second-order valence-corrected chi connectivity index (χ2v) is 1.61. The molecule has 1 aromatic heterocycles.